The quantitative estimate of drug-likeness (QED) is 0.191. The van der Waals surface area contributed by atoms with Gasteiger partial charge in [0.1, 0.15) is 5.82 Å². The highest BCUT2D eigenvalue weighted by molar-refractivity contribution is 6.43. The molecule has 3 aromatic carbocycles. The SMILES string of the molecule is CCN1C(=CC=Cc2n(CC)c3cc(Cl)c(Cl)cc3[n+]2CC(=O)Nc2ccccc2Cl)N(CC)c2cc(Cl)c(Cl)cc21. The van der Waals surface area contributed by atoms with Crippen LogP contribution in [0.1, 0.15) is 26.6 Å². The van der Waals surface area contributed by atoms with E-state index in [-0.39, 0.29) is 12.5 Å². The van der Waals surface area contributed by atoms with Crippen LogP contribution in [-0.2, 0) is 17.9 Å². The van der Waals surface area contributed by atoms with Crippen molar-refractivity contribution in [1.29, 1.82) is 0 Å². The van der Waals surface area contributed by atoms with E-state index in [1.54, 1.807) is 18.2 Å². The average molecular weight is 665 g/mol. The van der Waals surface area contributed by atoms with Crippen LogP contribution >= 0.6 is 58.0 Å². The van der Waals surface area contributed by atoms with Crippen LogP contribution < -0.4 is 19.7 Å². The minimum Gasteiger partial charge on any atom is -0.326 e. The van der Waals surface area contributed by atoms with Gasteiger partial charge in [0.05, 0.1) is 48.7 Å². The number of nitrogens with zero attached hydrogens (tertiary/aromatic N) is 4. The number of aromatic nitrogens is 2. The van der Waals surface area contributed by atoms with Crippen LogP contribution in [-0.4, -0.2) is 23.6 Å². The number of carbonyl (C=O) groups excluding carboxylic acids is 1. The van der Waals surface area contributed by atoms with E-state index < -0.39 is 0 Å². The Bertz CT molecular complexity index is 1710. The van der Waals surface area contributed by atoms with Gasteiger partial charge in [0, 0.05) is 31.3 Å². The summed E-state index contributed by atoms with van der Waals surface area (Å²) in [6, 6.07) is 14.6. The van der Waals surface area contributed by atoms with Crippen molar-refractivity contribution in [2.75, 3.05) is 28.2 Å². The van der Waals surface area contributed by atoms with Crippen molar-refractivity contribution in [3.05, 3.63) is 97.4 Å². The van der Waals surface area contributed by atoms with Gasteiger partial charge in [-0.3, -0.25) is 4.79 Å². The Morgan fingerprint density at radius 3 is 2.00 bits per heavy atom. The summed E-state index contributed by atoms with van der Waals surface area (Å²) in [5.41, 5.74) is 4.22. The third-order valence-corrected chi connectivity index (χ3v) is 8.97. The fraction of sp³-hybridized carbons (Fsp3) is 0.226. The van der Waals surface area contributed by atoms with Crippen molar-refractivity contribution in [1.82, 2.24) is 4.57 Å². The van der Waals surface area contributed by atoms with Crippen molar-refractivity contribution in [3.8, 4) is 0 Å². The Kier molecular flexibility index (Phi) is 9.31. The van der Waals surface area contributed by atoms with E-state index in [0.717, 1.165) is 47.1 Å². The first-order valence-corrected chi connectivity index (χ1v) is 15.4. The molecule has 0 aliphatic carbocycles. The van der Waals surface area contributed by atoms with Gasteiger partial charge in [-0.15, -0.1) is 0 Å². The number of nitrogens with one attached hydrogen (secondary N) is 1. The number of rotatable bonds is 8. The van der Waals surface area contributed by atoms with E-state index >= 15 is 0 Å². The van der Waals surface area contributed by atoms with Gasteiger partial charge >= 0.3 is 0 Å². The number of anilines is 3. The van der Waals surface area contributed by atoms with Crippen LogP contribution in [0.25, 0.3) is 17.1 Å². The second-order valence-electron chi connectivity index (χ2n) is 9.60. The maximum Gasteiger partial charge on any atom is 0.282 e. The lowest BCUT2D eigenvalue weighted by Gasteiger charge is -2.23. The summed E-state index contributed by atoms with van der Waals surface area (Å²) >= 11 is 31.9. The fourth-order valence-electron chi connectivity index (χ4n) is 5.34. The van der Waals surface area contributed by atoms with Crippen molar-refractivity contribution >= 4 is 98.1 Å². The summed E-state index contributed by atoms with van der Waals surface area (Å²) in [5, 5.41) is 5.27. The highest BCUT2D eigenvalue weighted by atomic mass is 35.5. The van der Waals surface area contributed by atoms with E-state index in [4.69, 9.17) is 58.0 Å². The van der Waals surface area contributed by atoms with E-state index in [1.165, 1.54) is 0 Å². The third-order valence-electron chi connectivity index (χ3n) is 7.19. The normalized spacial score (nSPS) is 13.0. The van der Waals surface area contributed by atoms with Crippen molar-refractivity contribution in [2.45, 2.75) is 33.9 Å². The zero-order valence-corrected chi connectivity index (χ0v) is 27.0. The number of imidazole rings is 1. The number of fused-ring (bicyclic) bond motifs is 2. The Morgan fingerprint density at radius 1 is 0.810 bits per heavy atom. The molecule has 0 saturated heterocycles. The second-order valence-corrected chi connectivity index (χ2v) is 11.6. The topological polar surface area (TPSA) is 44.4 Å². The summed E-state index contributed by atoms with van der Waals surface area (Å²) in [4.78, 5) is 17.7. The zero-order valence-electron chi connectivity index (χ0n) is 23.3. The lowest BCUT2D eigenvalue weighted by atomic mass is 10.2. The molecule has 1 aromatic heterocycles. The molecular weight excluding hydrogens is 636 g/mol. The number of carbonyl (C=O) groups is 1. The van der Waals surface area contributed by atoms with Crippen molar-refractivity contribution in [2.24, 2.45) is 0 Å². The molecule has 1 amide bonds. The number of benzene rings is 3. The first-order chi connectivity index (χ1) is 20.2. The Morgan fingerprint density at radius 2 is 1.40 bits per heavy atom. The smallest absolute Gasteiger partial charge is 0.282 e. The van der Waals surface area contributed by atoms with E-state index in [2.05, 4.69) is 39.6 Å². The zero-order chi connectivity index (χ0) is 30.1. The number of hydrogen-bond donors (Lipinski definition) is 1. The third kappa shape index (κ3) is 5.71. The first kappa shape index (κ1) is 30.6. The molecule has 0 fully saturated rings. The van der Waals surface area contributed by atoms with Crippen molar-refractivity contribution in [3.63, 3.8) is 0 Å². The van der Waals surface area contributed by atoms with Gasteiger partial charge in [0.2, 0.25) is 0 Å². The number of para-hydroxylation sites is 1. The standard InChI is InChI=1S/C31H28Cl5N5O/c1-4-38-25-14-20(33)21(34)15-26(25)39(5-2)30(38)12-9-13-31-40(6-3)27-16-22(35)23(36)17-28(27)41(31)18-29(42)37-24-11-8-7-10-19(24)32/h7-17H,4-6,18H2,1-3H3/p+1. The minimum absolute atomic E-state index is 0.0353. The second kappa shape index (κ2) is 12.8. The molecule has 4 aromatic rings. The van der Waals surface area contributed by atoms with Crippen LogP contribution in [0.4, 0.5) is 17.1 Å². The first-order valence-electron chi connectivity index (χ1n) is 13.6. The highest BCUT2D eigenvalue weighted by Crippen LogP contribution is 2.45. The van der Waals surface area contributed by atoms with Crippen LogP contribution in [0.3, 0.4) is 0 Å². The van der Waals surface area contributed by atoms with Gasteiger partial charge in [-0.1, -0.05) is 76.2 Å². The van der Waals surface area contributed by atoms with E-state index in [0.29, 0.717) is 37.3 Å². The van der Waals surface area contributed by atoms with Gasteiger partial charge in [0.15, 0.2) is 17.6 Å². The predicted octanol–water partition coefficient (Wildman–Crippen LogP) is 9.08. The van der Waals surface area contributed by atoms with Crippen LogP contribution in [0.5, 0.6) is 0 Å². The number of aryl methyl sites for hydroxylation is 1. The molecule has 0 bridgehead atoms. The molecule has 6 nitrogen and oxygen atoms in total. The molecule has 1 N–H and O–H groups in total. The molecule has 0 saturated carbocycles. The van der Waals surface area contributed by atoms with E-state index in [9.17, 15) is 4.79 Å². The Balaban J connectivity index is 1.57. The molecule has 42 heavy (non-hydrogen) atoms. The van der Waals surface area contributed by atoms with Crippen LogP contribution in [0.2, 0.25) is 25.1 Å². The van der Waals surface area contributed by atoms with Crippen LogP contribution in [0, 0.1) is 0 Å². The summed E-state index contributed by atoms with van der Waals surface area (Å²) < 4.78 is 4.04. The lowest BCUT2D eigenvalue weighted by Crippen LogP contribution is -2.42. The van der Waals surface area contributed by atoms with Gasteiger partial charge in [0.25, 0.3) is 11.7 Å². The summed E-state index contributed by atoms with van der Waals surface area (Å²) in [6.07, 6.45) is 6.04. The van der Waals surface area contributed by atoms with Gasteiger partial charge in [-0.2, -0.15) is 0 Å². The predicted molar refractivity (Wildman–Crippen MR) is 178 cm³/mol. The van der Waals surface area contributed by atoms with E-state index in [1.807, 2.05) is 54.0 Å². The largest absolute Gasteiger partial charge is 0.326 e. The lowest BCUT2D eigenvalue weighted by molar-refractivity contribution is -0.660. The summed E-state index contributed by atoms with van der Waals surface area (Å²) in [6.45, 7) is 8.41. The van der Waals surface area contributed by atoms with Gasteiger partial charge < -0.3 is 15.1 Å². The maximum absolute atomic E-state index is 13.3. The minimum atomic E-state index is -0.225. The Labute approximate surface area is 270 Å². The molecule has 1 aliphatic rings. The molecule has 0 atom stereocenters. The molecule has 2 heterocycles. The molecule has 5 rings (SSSR count). The molecule has 0 spiro atoms. The van der Waals surface area contributed by atoms with Crippen LogP contribution in [0.15, 0.2) is 66.5 Å². The molecule has 1 aliphatic heterocycles. The molecular formula is C31H29Cl5N5O+. The summed E-state index contributed by atoms with van der Waals surface area (Å²) in [7, 11) is 0. The number of amides is 1. The number of halogens is 5. The maximum atomic E-state index is 13.3. The van der Waals surface area contributed by atoms with Gasteiger partial charge in [-0.25, -0.2) is 9.13 Å². The molecule has 0 radical (unpaired) electrons. The van der Waals surface area contributed by atoms with Crippen molar-refractivity contribution < 1.29 is 9.36 Å². The number of allylic oxidation sites excluding steroid dienone is 2. The Hall–Kier alpha value is -2.87. The summed E-state index contributed by atoms with van der Waals surface area (Å²) in [5.74, 6) is 1.58. The molecule has 218 valence electrons. The molecule has 11 heteroatoms. The average Bonchev–Trinajstić information content (AvgIpc) is 3.40. The molecule has 0 unspecified atom stereocenters. The highest BCUT2D eigenvalue weighted by Gasteiger charge is 2.30. The van der Waals surface area contributed by atoms with Gasteiger partial charge in [-0.05, 0) is 51.1 Å². The fourth-order valence-corrected chi connectivity index (χ4v) is 6.16. The monoisotopic (exact) mass is 662 g/mol. The number of hydrogen-bond acceptors (Lipinski definition) is 3.